The summed E-state index contributed by atoms with van der Waals surface area (Å²) in [5, 5.41) is 9.79. The Kier molecular flexibility index (Phi) is 4.37. The van der Waals surface area contributed by atoms with E-state index in [1.165, 1.54) is 0 Å². The third kappa shape index (κ3) is 3.40. The van der Waals surface area contributed by atoms with E-state index in [9.17, 15) is 5.11 Å². The summed E-state index contributed by atoms with van der Waals surface area (Å²) in [6.07, 6.45) is 0.378. The van der Waals surface area contributed by atoms with Crippen molar-refractivity contribution in [3.05, 3.63) is 42.0 Å². The summed E-state index contributed by atoms with van der Waals surface area (Å²) in [5.74, 6) is 0.801. The molecule has 2 heteroatoms. The molecule has 0 fully saturated rings. The maximum atomic E-state index is 9.79. The highest BCUT2D eigenvalue weighted by Crippen LogP contribution is 2.23. The predicted octanol–water partition coefficient (Wildman–Crippen LogP) is 3.08. The highest BCUT2D eigenvalue weighted by molar-refractivity contribution is 5.32. The zero-order chi connectivity index (χ0) is 11.3. The molecule has 0 heterocycles. The van der Waals surface area contributed by atoms with Crippen LogP contribution in [0.4, 0.5) is 0 Å². The summed E-state index contributed by atoms with van der Waals surface area (Å²) < 4.78 is 5.48. The van der Waals surface area contributed by atoms with Crippen LogP contribution in [0.2, 0.25) is 0 Å². The highest BCUT2D eigenvalue weighted by Gasteiger charge is 2.08. The van der Waals surface area contributed by atoms with Crippen molar-refractivity contribution in [2.75, 3.05) is 6.61 Å². The van der Waals surface area contributed by atoms with Crippen LogP contribution >= 0.6 is 0 Å². The number of aliphatic hydroxyl groups is 1. The second kappa shape index (κ2) is 5.56. The molecule has 0 aliphatic carbocycles. The Morgan fingerprint density at radius 3 is 2.87 bits per heavy atom. The number of hydrogen-bond acceptors (Lipinski definition) is 2. The van der Waals surface area contributed by atoms with Gasteiger partial charge in [-0.1, -0.05) is 25.6 Å². The highest BCUT2D eigenvalue weighted by atomic mass is 16.5. The fourth-order valence-corrected chi connectivity index (χ4v) is 1.28. The molecule has 0 spiro atoms. The van der Waals surface area contributed by atoms with E-state index in [1.54, 1.807) is 0 Å². The van der Waals surface area contributed by atoms with Crippen molar-refractivity contribution in [2.45, 2.75) is 26.4 Å². The summed E-state index contributed by atoms with van der Waals surface area (Å²) in [5.41, 5.74) is 1.57. The molecule has 0 radical (unpaired) electrons. The minimum Gasteiger partial charge on any atom is -0.494 e. The first-order chi connectivity index (χ1) is 7.15. The van der Waals surface area contributed by atoms with Gasteiger partial charge in [-0.25, -0.2) is 0 Å². The fraction of sp³-hybridized carbons (Fsp3) is 0.385. The third-order valence-electron chi connectivity index (χ3n) is 2.11. The maximum absolute atomic E-state index is 9.79. The monoisotopic (exact) mass is 206 g/mol. The van der Waals surface area contributed by atoms with Gasteiger partial charge in [0.25, 0.3) is 0 Å². The first-order valence-electron chi connectivity index (χ1n) is 5.21. The molecule has 2 nitrogen and oxygen atoms in total. The molecule has 1 atom stereocenters. The van der Waals surface area contributed by atoms with Crippen molar-refractivity contribution >= 4 is 0 Å². The zero-order valence-electron chi connectivity index (χ0n) is 9.36. The number of aliphatic hydroxyl groups excluding tert-OH is 1. The molecule has 82 valence electrons. The van der Waals surface area contributed by atoms with Gasteiger partial charge in [0.1, 0.15) is 5.75 Å². The van der Waals surface area contributed by atoms with Crippen molar-refractivity contribution in [2.24, 2.45) is 0 Å². The Morgan fingerprint density at radius 2 is 2.27 bits per heavy atom. The van der Waals surface area contributed by atoms with Crippen molar-refractivity contribution in [3.8, 4) is 5.75 Å². The van der Waals surface area contributed by atoms with Crippen LogP contribution < -0.4 is 4.74 Å². The van der Waals surface area contributed by atoms with Crippen LogP contribution in [0.3, 0.4) is 0 Å². The van der Waals surface area contributed by atoms with Gasteiger partial charge in [0.2, 0.25) is 0 Å². The van der Waals surface area contributed by atoms with Crippen LogP contribution in [-0.2, 0) is 0 Å². The topological polar surface area (TPSA) is 29.5 Å². The summed E-state index contributed by atoms with van der Waals surface area (Å²) in [6, 6.07) is 7.50. The number of ether oxygens (including phenoxy) is 1. The molecule has 0 amide bonds. The summed E-state index contributed by atoms with van der Waals surface area (Å²) in [4.78, 5) is 0. The van der Waals surface area contributed by atoms with Crippen LogP contribution in [0.5, 0.6) is 5.75 Å². The summed E-state index contributed by atoms with van der Waals surface area (Å²) in [7, 11) is 0. The molecule has 0 saturated heterocycles. The van der Waals surface area contributed by atoms with Crippen LogP contribution in [-0.4, -0.2) is 11.7 Å². The molecule has 0 aliphatic heterocycles. The van der Waals surface area contributed by atoms with Crippen LogP contribution in [0, 0.1) is 0 Å². The quantitative estimate of drug-likeness (QED) is 0.750. The zero-order valence-corrected chi connectivity index (χ0v) is 9.36. The number of hydrogen-bond donors (Lipinski definition) is 1. The Balaban J connectivity index is 2.77. The van der Waals surface area contributed by atoms with Crippen molar-refractivity contribution in [3.63, 3.8) is 0 Å². The molecule has 0 aliphatic rings. The normalized spacial score (nSPS) is 12.2. The Morgan fingerprint density at radius 1 is 1.53 bits per heavy atom. The van der Waals surface area contributed by atoms with Gasteiger partial charge in [-0.2, -0.15) is 0 Å². The van der Waals surface area contributed by atoms with E-state index >= 15 is 0 Å². The maximum Gasteiger partial charge on any atom is 0.119 e. The van der Waals surface area contributed by atoms with E-state index in [-0.39, 0.29) is 0 Å². The van der Waals surface area contributed by atoms with Crippen LogP contribution in [0.15, 0.2) is 36.4 Å². The van der Waals surface area contributed by atoms with E-state index in [0.29, 0.717) is 6.61 Å². The predicted molar refractivity (Wildman–Crippen MR) is 62.0 cm³/mol. The third-order valence-corrected chi connectivity index (χ3v) is 2.11. The molecule has 1 aromatic carbocycles. The molecule has 1 rings (SSSR count). The molecule has 1 N–H and O–H groups in total. The molecule has 1 aromatic rings. The lowest BCUT2D eigenvalue weighted by Crippen LogP contribution is -2.00. The Hall–Kier alpha value is -1.28. The van der Waals surface area contributed by atoms with Crippen molar-refractivity contribution < 1.29 is 9.84 Å². The molecular formula is C13H18O2. The van der Waals surface area contributed by atoms with Gasteiger partial charge in [-0.15, -0.1) is 0 Å². The van der Waals surface area contributed by atoms with Gasteiger partial charge in [0, 0.05) is 0 Å². The Bertz CT molecular complexity index is 331. The minimum atomic E-state index is -0.602. The van der Waals surface area contributed by atoms with Gasteiger partial charge in [-0.3, -0.25) is 0 Å². The fourth-order valence-electron chi connectivity index (χ4n) is 1.28. The van der Waals surface area contributed by atoms with E-state index in [2.05, 4.69) is 13.5 Å². The molecule has 15 heavy (non-hydrogen) atoms. The SMILES string of the molecule is C=C(C)C(O)c1cccc(OCCC)c1. The first-order valence-corrected chi connectivity index (χ1v) is 5.21. The molecule has 0 aromatic heterocycles. The van der Waals surface area contributed by atoms with E-state index in [0.717, 1.165) is 23.3 Å². The van der Waals surface area contributed by atoms with E-state index in [4.69, 9.17) is 4.74 Å². The smallest absolute Gasteiger partial charge is 0.119 e. The van der Waals surface area contributed by atoms with Gasteiger partial charge >= 0.3 is 0 Å². The van der Waals surface area contributed by atoms with E-state index < -0.39 is 6.10 Å². The number of rotatable bonds is 5. The number of benzene rings is 1. The lowest BCUT2D eigenvalue weighted by molar-refractivity contribution is 0.215. The second-order valence-corrected chi connectivity index (χ2v) is 3.67. The molecule has 0 bridgehead atoms. The average Bonchev–Trinajstić information content (AvgIpc) is 2.25. The standard InChI is InChI=1S/C13H18O2/c1-4-8-15-12-7-5-6-11(9-12)13(14)10(2)3/h5-7,9,13-14H,2,4,8H2,1,3H3. The summed E-state index contributed by atoms with van der Waals surface area (Å²) >= 11 is 0. The van der Waals surface area contributed by atoms with Gasteiger partial charge in [0.05, 0.1) is 12.7 Å². The first kappa shape index (κ1) is 11.8. The van der Waals surface area contributed by atoms with Gasteiger partial charge in [-0.05, 0) is 36.6 Å². The summed E-state index contributed by atoms with van der Waals surface area (Å²) in [6.45, 7) is 8.31. The molecule has 0 saturated carbocycles. The van der Waals surface area contributed by atoms with Gasteiger partial charge in [0.15, 0.2) is 0 Å². The molecule has 1 unspecified atom stereocenters. The van der Waals surface area contributed by atoms with Crippen LogP contribution in [0.25, 0.3) is 0 Å². The molecular weight excluding hydrogens is 188 g/mol. The lowest BCUT2D eigenvalue weighted by Gasteiger charge is -2.12. The lowest BCUT2D eigenvalue weighted by atomic mass is 10.0. The largest absolute Gasteiger partial charge is 0.494 e. The Labute approximate surface area is 91.2 Å². The van der Waals surface area contributed by atoms with E-state index in [1.807, 2.05) is 31.2 Å². The second-order valence-electron chi connectivity index (χ2n) is 3.67. The minimum absolute atomic E-state index is 0.602. The van der Waals surface area contributed by atoms with Crippen molar-refractivity contribution in [1.29, 1.82) is 0 Å². The van der Waals surface area contributed by atoms with Crippen molar-refractivity contribution in [1.82, 2.24) is 0 Å². The van der Waals surface area contributed by atoms with Gasteiger partial charge < -0.3 is 9.84 Å². The van der Waals surface area contributed by atoms with Crippen LogP contribution in [0.1, 0.15) is 31.9 Å². The average molecular weight is 206 g/mol.